The second kappa shape index (κ2) is 20.3. The van der Waals surface area contributed by atoms with E-state index in [0.717, 1.165) is 25.3 Å². The Labute approximate surface area is 274 Å². The molecule has 258 valence electrons. The fourth-order valence-electron chi connectivity index (χ4n) is 4.99. The molecule has 0 aliphatic carbocycles. The largest absolute Gasteiger partial charge is 0.495 e. The number of ketones is 1. The van der Waals surface area contributed by atoms with E-state index in [1.165, 1.54) is 115 Å². The molecule has 13 heteroatoms. The van der Waals surface area contributed by atoms with Gasteiger partial charge in [-0.3, -0.25) is 14.1 Å². The zero-order valence-electron chi connectivity index (χ0n) is 27.3. The van der Waals surface area contributed by atoms with Crippen molar-refractivity contribution in [1.82, 2.24) is 4.72 Å². The molecule has 0 aromatic heterocycles. The van der Waals surface area contributed by atoms with Crippen molar-refractivity contribution in [2.75, 3.05) is 26.1 Å². The van der Waals surface area contributed by atoms with E-state index in [-0.39, 0.29) is 27.6 Å². The van der Waals surface area contributed by atoms with E-state index in [1.807, 2.05) is 0 Å². The van der Waals surface area contributed by atoms with Gasteiger partial charge in [0.2, 0.25) is 15.9 Å². The summed E-state index contributed by atoms with van der Waals surface area (Å²) in [6, 6.07) is 7.46. The molecule has 3 N–H and O–H groups in total. The van der Waals surface area contributed by atoms with Gasteiger partial charge in [-0.1, -0.05) is 90.4 Å². The first-order valence-electron chi connectivity index (χ1n) is 16.1. The molecule has 0 unspecified atom stereocenters. The molecule has 2 aromatic carbocycles. The first kappa shape index (κ1) is 39.2. The molecule has 0 aliphatic heterocycles. The maximum Gasteiger partial charge on any atom is 0.298 e. The number of unbranched alkanes of at least 4 members (excludes halogenated alkanes) is 13. The van der Waals surface area contributed by atoms with Crippen LogP contribution in [-0.4, -0.2) is 53.8 Å². The van der Waals surface area contributed by atoms with Crippen molar-refractivity contribution >= 4 is 37.5 Å². The van der Waals surface area contributed by atoms with Crippen molar-refractivity contribution in [3.63, 3.8) is 0 Å². The summed E-state index contributed by atoms with van der Waals surface area (Å²) < 4.78 is 70.7. The minimum Gasteiger partial charge on any atom is -0.495 e. The first-order valence-corrected chi connectivity index (χ1v) is 19.0. The van der Waals surface area contributed by atoms with Crippen LogP contribution >= 0.6 is 0 Å². The standard InChI is InChI=1S/C33H50N2O9S2/c1-4-5-6-7-8-9-10-11-12-13-14-15-16-17-22-44-30-21-19-27(45(38,39)34-2)24-28(30)35-33(37)25-29(36)26-18-20-31(43-3)32(23-26)46(40,41)42/h18-21,23-24,34H,4-17,22,25H2,1-3H3,(H,35,37)(H,40,41,42). The predicted molar refractivity (Wildman–Crippen MR) is 179 cm³/mol. The highest BCUT2D eigenvalue weighted by Gasteiger charge is 2.22. The first-order chi connectivity index (χ1) is 21.9. The van der Waals surface area contributed by atoms with E-state index in [4.69, 9.17) is 9.47 Å². The highest BCUT2D eigenvalue weighted by Crippen LogP contribution is 2.29. The Hall–Kier alpha value is -3.00. The molecule has 1 amide bonds. The van der Waals surface area contributed by atoms with E-state index >= 15 is 0 Å². The Morgan fingerprint density at radius 1 is 0.761 bits per heavy atom. The van der Waals surface area contributed by atoms with E-state index in [2.05, 4.69) is 17.0 Å². The van der Waals surface area contributed by atoms with E-state index in [1.54, 1.807) is 0 Å². The number of benzene rings is 2. The van der Waals surface area contributed by atoms with Gasteiger partial charge in [-0.2, -0.15) is 8.42 Å². The third-order valence-electron chi connectivity index (χ3n) is 7.64. The molecule has 0 atom stereocenters. The zero-order chi connectivity index (χ0) is 34.0. The lowest BCUT2D eigenvalue weighted by molar-refractivity contribution is -0.115. The van der Waals surface area contributed by atoms with Gasteiger partial charge in [-0.25, -0.2) is 13.1 Å². The number of ether oxygens (including phenoxy) is 2. The van der Waals surface area contributed by atoms with E-state index in [0.29, 0.717) is 6.61 Å². The topological polar surface area (TPSA) is 165 Å². The van der Waals surface area contributed by atoms with Crippen LogP contribution in [0.5, 0.6) is 11.5 Å². The summed E-state index contributed by atoms with van der Waals surface area (Å²) in [6.45, 7) is 2.60. The number of carbonyl (C=O) groups excluding carboxylic acids is 2. The number of nitrogens with one attached hydrogen (secondary N) is 2. The summed E-state index contributed by atoms with van der Waals surface area (Å²) >= 11 is 0. The minimum atomic E-state index is -4.69. The van der Waals surface area contributed by atoms with Gasteiger partial charge in [0.15, 0.2) is 5.78 Å². The fourth-order valence-corrected chi connectivity index (χ4v) is 6.43. The van der Waals surface area contributed by atoms with Crippen LogP contribution in [0.15, 0.2) is 46.2 Å². The summed E-state index contributed by atoms with van der Waals surface area (Å²) in [4.78, 5) is 24.9. The maximum atomic E-state index is 12.9. The van der Waals surface area contributed by atoms with Crippen molar-refractivity contribution in [1.29, 1.82) is 0 Å². The molecule has 0 aliphatic rings. The minimum absolute atomic E-state index is 0.0767. The number of hydrogen-bond donors (Lipinski definition) is 3. The summed E-state index contributed by atoms with van der Waals surface area (Å²) in [5.41, 5.74) is -0.0581. The molecule has 11 nitrogen and oxygen atoms in total. The second-order valence-electron chi connectivity index (χ2n) is 11.3. The molecular formula is C33H50N2O9S2. The summed E-state index contributed by atoms with van der Waals surface area (Å²) in [5, 5.41) is 2.55. The quantitative estimate of drug-likeness (QED) is 0.0461. The van der Waals surface area contributed by atoms with Crippen LogP contribution < -0.4 is 19.5 Å². The van der Waals surface area contributed by atoms with Gasteiger partial charge in [-0.15, -0.1) is 0 Å². The molecule has 2 aromatic rings. The predicted octanol–water partition coefficient (Wildman–Crippen LogP) is 6.92. The monoisotopic (exact) mass is 682 g/mol. The van der Waals surface area contributed by atoms with Gasteiger partial charge < -0.3 is 14.8 Å². The molecule has 0 fully saturated rings. The van der Waals surface area contributed by atoms with Crippen LogP contribution in [0, 0.1) is 0 Å². The van der Waals surface area contributed by atoms with Crippen LogP contribution in [-0.2, 0) is 24.9 Å². The fraction of sp³-hybridized carbons (Fsp3) is 0.576. The van der Waals surface area contributed by atoms with E-state index < -0.39 is 43.1 Å². The lowest BCUT2D eigenvalue weighted by Crippen LogP contribution is -2.20. The SMILES string of the molecule is CCCCCCCCCCCCCCCCOc1ccc(S(=O)(=O)NC)cc1NC(=O)CC(=O)c1ccc(OC)c(S(=O)(=O)O)c1. The number of anilines is 1. The lowest BCUT2D eigenvalue weighted by Gasteiger charge is -2.14. The van der Waals surface area contributed by atoms with Crippen molar-refractivity contribution in [2.24, 2.45) is 0 Å². The zero-order valence-corrected chi connectivity index (χ0v) is 28.9. The Morgan fingerprint density at radius 2 is 1.30 bits per heavy atom. The molecule has 0 heterocycles. The van der Waals surface area contributed by atoms with Crippen LogP contribution in [0.3, 0.4) is 0 Å². The van der Waals surface area contributed by atoms with Gasteiger partial charge >= 0.3 is 0 Å². The van der Waals surface area contributed by atoms with Gasteiger partial charge in [-0.05, 0) is 49.9 Å². The number of sulfonamides is 1. The smallest absolute Gasteiger partial charge is 0.298 e. The van der Waals surface area contributed by atoms with Gasteiger partial charge in [0.25, 0.3) is 10.1 Å². The van der Waals surface area contributed by atoms with Crippen LogP contribution in [0.4, 0.5) is 5.69 Å². The molecular weight excluding hydrogens is 633 g/mol. The average molecular weight is 683 g/mol. The lowest BCUT2D eigenvalue weighted by atomic mass is 10.0. The summed E-state index contributed by atoms with van der Waals surface area (Å²) in [5.74, 6) is -1.40. The normalized spacial score (nSPS) is 11.7. The van der Waals surface area contributed by atoms with E-state index in [9.17, 15) is 31.0 Å². The molecule has 2 rings (SSSR count). The maximum absolute atomic E-state index is 12.9. The third kappa shape index (κ3) is 13.8. The van der Waals surface area contributed by atoms with Gasteiger partial charge in [0.1, 0.15) is 16.4 Å². The Kier molecular flexibility index (Phi) is 17.3. The molecule has 46 heavy (non-hydrogen) atoms. The molecule has 0 radical (unpaired) electrons. The van der Waals surface area contributed by atoms with Crippen molar-refractivity contribution < 1.29 is 40.5 Å². The highest BCUT2D eigenvalue weighted by atomic mass is 32.2. The number of methoxy groups -OCH3 is 1. The van der Waals surface area contributed by atoms with Crippen LogP contribution in [0.25, 0.3) is 0 Å². The molecule has 0 saturated heterocycles. The molecule has 0 bridgehead atoms. The summed E-state index contributed by atoms with van der Waals surface area (Å²) in [6.07, 6.45) is 16.5. The highest BCUT2D eigenvalue weighted by molar-refractivity contribution is 7.89. The van der Waals surface area contributed by atoms with Gasteiger partial charge in [0.05, 0.1) is 30.7 Å². The summed E-state index contributed by atoms with van der Waals surface area (Å²) in [7, 11) is -6.05. The van der Waals surface area contributed by atoms with Crippen LogP contribution in [0.2, 0.25) is 0 Å². The Bertz CT molecular complexity index is 1480. The Morgan fingerprint density at radius 3 is 1.83 bits per heavy atom. The number of hydrogen-bond acceptors (Lipinski definition) is 8. The average Bonchev–Trinajstić information content (AvgIpc) is 3.02. The Balaban J connectivity index is 1.90. The van der Waals surface area contributed by atoms with Gasteiger partial charge in [0, 0.05) is 5.56 Å². The third-order valence-corrected chi connectivity index (χ3v) is 9.93. The number of Topliss-reactive ketones (excluding diaryl/α,β-unsaturated/α-hetero) is 1. The molecule has 0 saturated carbocycles. The van der Waals surface area contributed by atoms with Crippen molar-refractivity contribution in [3.8, 4) is 11.5 Å². The molecule has 0 spiro atoms. The van der Waals surface area contributed by atoms with Crippen molar-refractivity contribution in [3.05, 3.63) is 42.0 Å². The number of rotatable bonds is 24. The van der Waals surface area contributed by atoms with Crippen molar-refractivity contribution in [2.45, 2.75) is 113 Å². The van der Waals surface area contributed by atoms with Crippen LogP contribution in [0.1, 0.15) is 114 Å². The number of amides is 1. The number of carbonyl (C=O) groups is 2. The second-order valence-corrected chi connectivity index (χ2v) is 14.6.